The van der Waals surface area contributed by atoms with Crippen LogP contribution in [0, 0.1) is 6.92 Å². The number of para-hydroxylation sites is 1. The number of carboxylic acid groups (broad SMARTS) is 1. The van der Waals surface area contributed by atoms with Gasteiger partial charge in [-0.3, -0.25) is 9.59 Å². The minimum Gasteiger partial charge on any atom is -0.480 e. The van der Waals surface area contributed by atoms with Gasteiger partial charge in [0.15, 0.2) is 0 Å². The molecule has 0 saturated carbocycles. The Morgan fingerprint density at radius 2 is 1.55 bits per heavy atom. The highest BCUT2D eigenvalue weighted by atomic mass is 16.5. The van der Waals surface area contributed by atoms with Crippen LogP contribution in [-0.2, 0) is 11.2 Å². The summed E-state index contributed by atoms with van der Waals surface area (Å²) in [4.78, 5) is 25.8. The zero-order valence-electron chi connectivity index (χ0n) is 16.2. The van der Waals surface area contributed by atoms with Gasteiger partial charge in [-0.25, -0.2) is 0 Å². The summed E-state index contributed by atoms with van der Waals surface area (Å²) in [6.07, 6.45) is 0.570. The van der Waals surface area contributed by atoms with Crippen LogP contribution in [0.3, 0.4) is 0 Å². The molecule has 0 radical (unpaired) electrons. The second-order valence-corrected chi connectivity index (χ2v) is 6.77. The van der Waals surface area contributed by atoms with Gasteiger partial charge in [-0.2, -0.15) is 0 Å². The Hall–Kier alpha value is -3.60. The smallest absolute Gasteiger partial charge is 0.323 e. The van der Waals surface area contributed by atoms with Crippen LogP contribution in [0.2, 0.25) is 0 Å². The maximum Gasteiger partial charge on any atom is 0.323 e. The number of rotatable bonds is 8. The largest absolute Gasteiger partial charge is 0.480 e. The van der Waals surface area contributed by atoms with Crippen LogP contribution in [-0.4, -0.2) is 35.0 Å². The number of amides is 1. The summed E-state index contributed by atoms with van der Waals surface area (Å²) >= 11 is 0. The predicted molar refractivity (Wildman–Crippen MR) is 111 cm³/mol. The van der Waals surface area contributed by atoms with Gasteiger partial charge in [0.1, 0.15) is 18.0 Å². The average molecular weight is 389 g/mol. The normalized spacial score (nSPS) is 10.4. The predicted octanol–water partition coefficient (Wildman–Crippen LogP) is 4.56. The lowest BCUT2D eigenvalue weighted by Crippen LogP contribution is -2.37. The van der Waals surface area contributed by atoms with Gasteiger partial charge in [-0.1, -0.05) is 60.2 Å². The SMILES string of the molecule is Cc1ccc(Oc2ccccc2C(=O)N(CCc2ccccc2)CC(=O)O)cc1. The second-order valence-electron chi connectivity index (χ2n) is 6.77. The number of aliphatic carboxylic acids is 1. The molecule has 5 heteroatoms. The van der Waals surface area contributed by atoms with Gasteiger partial charge in [0.25, 0.3) is 5.91 Å². The summed E-state index contributed by atoms with van der Waals surface area (Å²) in [6.45, 7) is 1.91. The van der Waals surface area contributed by atoms with Crippen molar-refractivity contribution in [1.82, 2.24) is 4.90 Å². The molecule has 0 fully saturated rings. The van der Waals surface area contributed by atoms with E-state index in [1.54, 1.807) is 24.3 Å². The Morgan fingerprint density at radius 3 is 2.24 bits per heavy atom. The highest BCUT2D eigenvalue weighted by Crippen LogP contribution is 2.26. The minimum atomic E-state index is -1.05. The molecule has 0 unspecified atom stereocenters. The number of aryl methyl sites for hydroxylation is 1. The van der Waals surface area contributed by atoms with E-state index in [-0.39, 0.29) is 12.5 Å². The molecule has 0 atom stereocenters. The number of carbonyl (C=O) groups is 2. The number of hydrogen-bond donors (Lipinski definition) is 1. The first-order chi connectivity index (χ1) is 14.0. The van der Waals surface area contributed by atoms with Crippen molar-refractivity contribution in [2.75, 3.05) is 13.1 Å². The van der Waals surface area contributed by atoms with Crippen LogP contribution < -0.4 is 4.74 Å². The van der Waals surface area contributed by atoms with E-state index in [0.717, 1.165) is 11.1 Å². The lowest BCUT2D eigenvalue weighted by atomic mass is 10.1. The molecule has 3 rings (SSSR count). The molecule has 3 aromatic carbocycles. The van der Waals surface area contributed by atoms with E-state index in [9.17, 15) is 14.7 Å². The molecule has 29 heavy (non-hydrogen) atoms. The number of hydrogen-bond acceptors (Lipinski definition) is 3. The lowest BCUT2D eigenvalue weighted by molar-refractivity contribution is -0.137. The third kappa shape index (κ3) is 5.69. The quantitative estimate of drug-likeness (QED) is 0.613. The van der Waals surface area contributed by atoms with E-state index in [0.29, 0.717) is 30.0 Å². The minimum absolute atomic E-state index is 0.300. The van der Waals surface area contributed by atoms with E-state index in [1.807, 2.05) is 61.5 Å². The zero-order valence-corrected chi connectivity index (χ0v) is 16.2. The first kappa shape index (κ1) is 20.1. The van der Waals surface area contributed by atoms with Gasteiger partial charge in [0, 0.05) is 6.54 Å². The Morgan fingerprint density at radius 1 is 0.897 bits per heavy atom. The number of carboxylic acids is 1. The fourth-order valence-electron chi connectivity index (χ4n) is 2.96. The Kier molecular flexibility index (Phi) is 6.63. The van der Waals surface area contributed by atoms with E-state index < -0.39 is 5.97 Å². The standard InChI is InChI=1S/C24H23NO4/c1-18-11-13-20(14-12-18)29-22-10-6-5-9-21(22)24(28)25(17-23(26)27)16-15-19-7-3-2-4-8-19/h2-14H,15-17H2,1H3,(H,26,27). The second kappa shape index (κ2) is 9.55. The highest BCUT2D eigenvalue weighted by molar-refractivity contribution is 5.98. The maximum atomic E-state index is 13.1. The molecular formula is C24H23NO4. The molecule has 0 aliphatic rings. The molecule has 148 valence electrons. The Bertz CT molecular complexity index is 968. The van der Waals surface area contributed by atoms with Crippen molar-refractivity contribution in [2.24, 2.45) is 0 Å². The average Bonchev–Trinajstić information content (AvgIpc) is 2.73. The summed E-state index contributed by atoms with van der Waals surface area (Å²) in [7, 11) is 0. The van der Waals surface area contributed by atoms with Crippen LogP contribution in [0.15, 0.2) is 78.9 Å². The molecule has 0 bridgehead atoms. The van der Waals surface area contributed by atoms with Crippen LogP contribution in [0.1, 0.15) is 21.5 Å². The third-order valence-corrected chi connectivity index (χ3v) is 4.49. The first-order valence-electron chi connectivity index (χ1n) is 9.41. The zero-order chi connectivity index (χ0) is 20.6. The van der Waals surface area contributed by atoms with Gasteiger partial charge < -0.3 is 14.7 Å². The number of carbonyl (C=O) groups excluding carboxylic acids is 1. The van der Waals surface area contributed by atoms with Gasteiger partial charge >= 0.3 is 5.97 Å². The third-order valence-electron chi connectivity index (χ3n) is 4.49. The fourth-order valence-corrected chi connectivity index (χ4v) is 2.96. The van der Waals surface area contributed by atoms with Crippen molar-refractivity contribution in [1.29, 1.82) is 0 Å². The Balaban J connectivity index is 1.81. The molecule has 0 saturated heterocycles. The fraction of sp³-hybridized carbons (Fsp3) is 0.167. The summed E-state index contributed by atoms with van der Waals surface area (Å²) in [5, 5.41) is 9.28. The maximum absolute atomic E-state index is 13.1. The molecule has 1 N–H and O–H groups in total. The topological polar surface area (TPSA) is 66.8 Å². The van der Waals surface area contributed by atoms with Crippen LogP contribution in [0.25, 0.3) is 0 Å². The van der Waals surface area contributed by atoms with Gasteiger partial charge in [-0.15, -0.1) is 0 Å². The molecule has 3 aromatic rings. The van der Waals surface area contributed by atoms with Gasteiger partial charge in [0.05, 0.1) is 5.56 Å². The number of benzene rings is 3. The van der Waals surface area contributed by atoms with Crippen LogP contribution in [0.5, 0.6) is 11.5 Å². The summed E-state index contributed by atoms with van der Waals surface area (Å²) in [5.74, 6) is -0.407. The molecule has 5 nitrogen and oxygen atoms in total. The number of nitrogens with zero attached hydrogens (tertiary/aromatic N) is 1. The van der Waals surface area contributed by atoms with Gasteiger partial charge in [-0.05, 0) is 43.2 Å². The molecule has 1 amide bonds. The van der Waals surface area contributed by atoms with E-state index in [2.05, 4.69) is 0 Å². The monoisotopic (exact) mass is 389 g/mol. The molecule has 0 aliphatic heterocycles. The molecule has 0 aliphatic carbocycles. The lowest BCUT2D eigenvalue weighted by Gasteiger charge is -2.22. The van der Waals surface area contributed by atoms with E-state index in [4.69, 9.17) is 4.74 Å². The highest BCUT2D eigenvalue weighted by Gasteiger charge is 2.22. The van der Waals surface area contributed by atoms with E-state index in [1.165, 1.54) is 4.90 Å². The molecular weight excluding hydrogens is 366 g/mol. The van der Waals surface area contributed by atoms with Crippen molar-refractivity contribution >= 4 is 11.9 Å². The van der Waals surface area contributed by atoms with Crippen molar-refractivity contribution in [3.63, 3.8) is 0 Å². The summed E-state index contributed by atoms with van der Waals surface area (Å²) in [5.41, 5.74) is 2.48. The molecule has 0 heterocycles. The molecule has 0 spiro atoms. The van der Waals surface area contributed by atoms with Crippen LogP contribution >= 0.6 is 0 Å². The van der Waals surface area contributed by atoms with Crippen molar-refractivity contribution in [3.05, 3.63) is 95.6 Å². The van der Waals surface area contributed by atoms with Gasteiger partial charge in [0.2, 0.25) is 0 Å². The number of ether oxygens (including phenoxy) is 1. The molecule has 0 aromatic heterocycles. The first-order valence-corrected chi connectivity index (χ1v) is 9.41. The van der Waals surface area contributed by atoms with E-state index >= 15 is 0 Å². The van der Waals surface area contributed by atoms with Crippen LogP contribution in [0.4, 0.5) is 0 Å². The summed E-state index contributed by atoms with van der Waals surface area (Å²) in [6, 6.07) is 24.1. The van der Waals surface area contributed by atoms with Crippen molar-refractivity contribution in [3.8, 4) is 11.5 Å². The Labute approximate surface area is 170 Å². The summed E-state index contributed by atoms with van der Waals surface area (Å²) < 4.78 is 5.91. The van der Waals surface area contributed by atoms with Crippen molar-refractivity contribution < 1.29 is 19.4 Å². The van der Waals surface area contributed by atoms with Crippen molar-refractivity contribution in [2.45, 2.75) is 13.3 Å².